The molecule has 1 N–H and O–H groups in total. The molecule has 1 saturated heterocycles. The van der Waals surface area contributed by atoms with Gasteiger partial charge in [-0.05, 0) is 19.9 Å². The topological polar surface area (TPSA) is 51.9 Å². The Balaban J connectivity index is 0.000000980. The Labute approximate surface area is 109 Å². The van der Waals surface area contributed by atoms with Crippen molar-refractivity contribution in [3.8, 4) is 0 Å². The summed E-state index contributed by atoms with van der Waals surface area (Å²) in [5.74, 6) is 1.74. The maximum absolute atomic E-state index is 4.29. The Hall–Kier alpha value is -0.0561. The molecule has 0 aliphatic carbocycles. The molecule has 1 aliphatic rings. The van der Waals surface area contributed by atoms with Gasteiger partial charge in [0.2, 0.25) is 0 Å². The molecule has 4 nitrogen and oxygen atoms in total. The predicted molar refractivity (Wildman–Crippen MR) is 52.0 cm³/mol. The van der Waals surface area contributed by atoms with Crippen LogP contribution >= 0.6 is 0 Å². The summed E-state index contributed by atoms with van der Waals surface area (Å²) in [7, 11) is 0. The van der Waals surface area contributed by atoms with Crippen molar-refractivity contribution >= 4 is 5.82 Å². The van der Waals surface area contributed by atoms with Crippen LogP contribution in [0.4, 0.5) is 5.82 Å². The molecular weight excluding hydrogens is 253 g/mol. The minimum absolute atomic E-state index is 0. The molecule has 14 heavy (non-hydrogen) atoms. The van der Waals surface area contributed by atoms with E-state index in [-0.39, 0.29) is 32.7 Å². The molecule has 1 radical (unpaired) electrons. The van der Waals surface area contributed by atoms with Crippen LogP contribution < -0.4 is 5.32 Å². The van der Waals surface area contributed by atoms with Crippen LogP contribution in [0.5, 0.6) is 0 Å². The molecule has 1 aliphatic heterocycles. The summed E-state index contributed by atoms with van der Waals surface area (Å²) < 4.78 is 0. The summed E-state index contributed by atoms with van der Waals surface area (Å²) in [4.78, 5) is 8.50. The van der Waals surface area contributed by atoms with Crippen molar-refractivity contribution in [1.29, 1.82) is 0 Å². The smallest absolute Gasteiger partial charge is 0.130 e. The number of nitrogens with zero attached hydrogens (tertiary/aromatic N) is 3. The van der Waals surface area contributed by atoms with E-state index < -0.39 is 0 Å². The fourth-order valence-corrected chi connectivity index (χ4v) is 1.35. The van der Waals surface area contributed by atoms with Gasteiger partial charge < -0.3 is 10.6 Å². The molecule has 1 aromatic rings. The van der Waals surface area contributed by atoms with Crippen LogP contribution in [-0.2, 0) is 32.7 Å². The van der Waals surface area contributed by atoms with Crippen LogP contribution in [0.25, 0.3) is 5.32 Å². The maximum Gasteiger partial charge on any atom is 0.130 e. The van der Waals surface area contributed by atoms with Gasteiger partial charge in [0.25, 0.3) is 0 Å². The van der Waals surface area contributed by atoms with Crippen LogP contribution in [0.3, 0.4) is 0 Å². The maximum atomic E-state index is 4.29. The van der Waals surface area contributed by atoms with Gasteiger partial charge in [-0.3, -0.25) is 0 Å². The number of hydrogen-bond donors (Lipinski definition) is 1. The summed E-state index contributed by atoms with van der Waals surface area (Å²) in [5, 5.41) is 7.45. The molecule has 73 valence electrons. The third-order valence-electron chi connectivity index (χ3n) is 2.02. The molecule has 2 rings (SSSR count). The molecule has 1 fully saturated rings. The van der Waals surface area contributed by atoms with Crippen molar-refractivity contribution in [2.24, 2.45) is 0 Å². The van der Waals surface area contributed by atoms with Gasteiger partial charge in [0, 0.05) is 44.5 Å². The van der Waals surface area contributed by atoms with E-state index in [1.165, 1.54) is 0 Å². The molecule has 5 heteroatoms. The molecule has 0 spiro atoms. The van der Waals surface area contributed by atoms with Crippen molar-refractivity contribution in [3.63, 3.8) is 0 Å². The molecule has 0 saturated carbocycles. The fraction of sp³-hybridized carbons (Fsp3) is 0.556. The molecule has 0 unspecified atom stereocenters. The number of aromatic nitrogens is 2. The quantitative estimate of drug-likeness (QED) is 0.876. The van der Waals surface area contributed by atoms with Gasteiger partial charge in [0.05, 0.1) is 0 Å². The normalized spacial score (nSPS) is 15.6. The van der Waals surface area contributed by atoms with Crippen LogP contribution in [0.15, 0.2) is 6.07 Å². The number of rotatable bonds is 2. The Bertz CT molecular complexity index is 291. The van der Waals surface area contributed by atoms with Gasteiger partial charge in [-0.25, -0.2) is 9.97 Å². The van der Waals surface area contributed by atoms with E-state index in [4.69, 9.17) is 0 Å². The van der Waals surface area contributed by atoms with Crippen LogP contribution in [0, 0.1) is 13.8 Å². The van der Waals surface area contributed by atoms with Gasteiger partial charge in [-0.1, -0.05) is 0 Å². The van der Waals surface area contributed by atoms with E-state index >= 15 is 0 Å². The van der Waals surface area contributed by atoms with Crippen molar-refractivity contribution in [2.45, 2.75) is 19.9 Å². The molecule has 0 amide bonds. The van der Waals surface area contributed by atoms with E-state index in [1.54, 1.807) is 0 Å². The summed E-state index contributed by atoms with van der Waals surface area (Å²) in [6.45, 7) is 5.69. The van der Waals surface area contributed by atoms with E-state index in [0.29, 0.717) is 6.04 Å². The standard InChI is InChI=1S/C9H13N4.Y/c1-6-3-9(12-7(2)11-6)13-8-4-10-5-8;/h3,8H,4-5H2,1-2H3,(H,11,12,13);/q-1;. The van der Waals surface area contributed by atoms with Crippen molar-refractivity contribution < 1.29 is 32.7 Å². The Morgan fingerprint density at radius 2 is 2.07 bits per heavy atom. The van der Waals surface area contributed by atoms with Crippen molar-refractivity contribution in [2.75, 3.05) is 18.4 Å². The first-order valence-corrected chi connectivity index (χ1v) is 4.46. The second-order valence-corrected chi connectivity index (χ2v) is 3.37. The summed E-state index contributed by atoms with van der Waals surface area (Å²) >= 11 is 0. The first-order chi connectivity index (χ1) is 6.24. The molecule has 2 heterocycles. The SMILES string of the molecule is Cc1cc(NC2C[N-]C2)nc(C)n1.[Y]. The van der Waals surface area contributed by atoms with Gasteiger partial charge in [-0.2, -0.15) is 0 Å². The summed E-state index contributed by atoms with van der Waals surface area (Å²) in [6, 6.07) is 2.44. The average Bonchev–Trinajstić information content (AvgIpc) is 1.95. The number of anilines is 1. The van der Waals surface area contributed by atoms with Gasteiger partial charge in [-0.15, -0.1) is 13.1 Å². The predicted octanol–water partition coefficient (Wildman–Crippen LogP) is 1.26. The number of nitrogens with one attached hydrogen (secondary N) is 1. The van der Waals surface area contributed by atoms with Crippen molar-refractivity contribution in [1.82, 2.24) is 9.97 Å². The Morgan fingerprint density at radius 1 is 1.36 bits per heavy atom. The van der Waals surface area contributed by atoms with E-state index in [0.717, 1.165) is 30.4 Å². The van der Waals surface area contributed by atoms with Gasteiger partial charge in [0.15, 0.2) is 0 Å². The average molecular weight is 266 g/mol. The van der Waals surface area contributed by atoms with Gasteiger partial charge in [0.1, 0.15) is 11.6 Å². The third-order valence-corrected chi connectivity index (χ3v) is 2.02. The fourth-order valence-electron chi connectivity index (χ4n) is 1.35. The molecular formula is C9H13N4Y-. The van der Waals surface area contributed by atoms with Crippen LogP contribution in [-0.4, -0.2) is 29.1 Å². The summed E-state index contributed by atoms with van der Waals surface area (Å²) in [6.07, 6.45) is 0. The minimum Gasteiger partial charge on any atom is -0.659 e. The molecule has 0 bridgehead atoms. The van der Waals surface area contributed by atoms with Gasteiger partial charge >= 0.3 is 0 Å². The third kappa shape index (κ3) is 2.97. The zero-order valence-electron chi connectivity index (χ0n) is 8.49. The largest absolute Gasteiger partial charge is 0.659 e. The van der Waals surface area contributed by atoms with Crippen molar-refractivity contribution in [3.05, 3.63) is 22.9 Å². The minimum atomic E-state index is 0. The van der Waals surface area contributed by atoms with Crippen LogP contribution in [0.2, 0.25) is 0 Å². The monoisotopic (exact) mass is 266 g/mol. The summed E-state index contributed by atoms with van der Waals surface area (Å²) in [5.41, 5.74) is 1.01. The first kappa shape index (κ1) is 12.0. The van der Waals surface area contributed by atoms with E-state index in [9.17, 15) is 0 Å². The second kappa shape index (κ2) is 5.15. The number of aryl methyl sites for hydroxylation is 2. The molecule has 0 aromatic carbocycles. The second-order valence-electron chi connectivity index (χ2n) is 3.37. The molecule has 0 atom stereocenters. The Morgan fingerprint density at radius 3 is 2.57 bits per heavy atom. The van der Waals surface area contributed by atoms with Crippen LogP contribution in [0.1, 0.15) is 11.5 Å². The zero-order valence-corrected chi connectivity index (χ0v) is 11.3. The zero-order chi connectivity index (χ0) is 9.26. The van der Waals surface area contributed by atoms with E-state index in [2.05, 4.69) is 20.6 Å². The first-order valence-electron chi connectivity index (χ1n) is 4.46. The molecule has 1 aromatic heterocycles. The Kier molecular flexibility index (Phi) is 4.42. The number of hydrogen-bond acceptors (Lipinski definition) is 3. The van der Waals surface area contributed by atoms with E-state index in [1.807, 2.05) is 19.9 Å².